The molecule has 0 spiro atoms. The zero-order valence-corrected chi connectivity index (χ0v) is 10.2. The highest BCUT2D eigenvalue weighted by Gasteiger charge is 2.32. The summed E-state index contributed by atoms with van der Waals surface area (Å²) < 4.78 is 1.41. The molecule has 0 bridgehead atoms. The number of aliphatic hydroxyl groups excluding tert-OH is 1. The molecule has 0 aliphatic carbocycles. The summed E-state index contributed by atoms with van der Waals surface area (Å²) in [5, 5.41) is 16.5. The highest BCUT2D eigenvalue weighted by Crippen LogP contribution is 2.29. The van der Waals surface area contributed by atoms with Gasteiger partial charge in [-0.15, -0.1) is 11.8 Å². The third kappa shape index (κ3) is 1.88. The fraction of sp³-hybridized carbons (Fsp3) is 0.571. The van der Waals surface area contributed by atoms with Crippen LogP contribution in [0.25, 0.3) is 0 Å². The average molecular weight is 293 g/mol. The van der Waals surface area contributed by atoms with Crippen molar-refractivity contribution in [1.82, 2.24) is 14.8 Å². The SMILES string of the molecule is CCS[C@H]1Nc2nc(=O)c(Br)nn2[C@@H]1O. The third-order valence-corrected chi connectivity index (χ3v) is 3.49. The van der Waals surface area contributed by atoms with Gasteiger partial charge in [0.1, 0.15) is 5.37 Å². The molecule has 8 heteroatoms. The Morgan fingerprint density at radius 1 is 1.73 bits per heavy atom. The van der Waals surface area contributed by atoms with Crippen LogP contribution in [0.3, 0.4) is 0 Å². The van der Waals surface area contributed by atoms with Gasteiger partial charge in [-0.25, -0.2) is 4.68 Å². The van der Waals surface area contributed by atoms with Gasteiger partial charge in [-0.3, -0.25) is 4.79 Å². The summed E-state index contributed by atoms with van der Waals surface area (Å²) in [6.45, 7) is 1.99. The molecule has 0 fully saturated rings. The van der Waals surface area contributed by atoms with Gasteiger partial charge in [0, 0.05) is 0 Å². The monoisotopic (exact) mass is 292 g/mol. The molecule has 2 heterocycles. The van der Waals surface area contributed by atoms with Crippen LogP contribution in [-0.2, 0) is 0 Å². The maximum absolute atomic E-state index is 11.2. The van der Waals surface area contributed by atoms with E-state index in [0.717, 1.165) is 5.75 Å². The second-order valence-corrected chi connectivity index (χ2v) is 5.08. The normalized spacial score (nSPS) is 23.7. The first-order valence-corrected chi connectivity index (χ1v) is 6.20. The van der Waals surface area contributed by atoms with E-state index in [-0.39, 0.29) is 9.98 Å². The van der Waals surface area contributed by atoms with E-state index in [4.69, 9.17) is 0 Å². The molecule has 1 aromatic heterocycles. The largest absolute Gasteiger partial charge is 0.369 e. The van der Waals surface area contributed by atoms with Crippen molar-refractivity contribution in [2.75, 3.05) is 11.1 Å². The number of aliphatic hydroxyl groups is 1. The van der Waals surface area contributed by atoms with Gasteiger partial charge >= 0.3 is 5.56 Å². The van der Waals surface area contributed by atoms with Crippen molar-refractivity contribution in [1.29, 1.82) is 0 Å². The molecule has 0 amide bonds. The lowest BCUT2D eigenvalue weighted by molar-refractivity contribution is 0.108. The molecule has 2 atom stereocenters. The van der Waals surface area contributed by atoms with E-state index in [1.165, 1.54) is 16.4 Å². The summed E-state index contributed by atoms with van der Waals surface area (Å²) in [6, 6.07) is 0. The number of nitrogens with zero attached hydrogens (tertiary/aromatic N) is 3. The quantitative estimate of drug-likeness (QED) is 0.821. The van der Waals surface area contributed by atoms with Crippen molar-refractivity contribution < 1.29 is 5.11 Å². The number of hydrogen-bond donors (Lipinski definition) is 2. The second kappa shape index (κ2) is 4.11. The lowest BCUT2D eigenvalue weighted by Gasteiger charge is -2.12. The Hall–Kier alpha value is -0.600. The number of nitrogens with one attached hydrogen (secondary N) is 1. The van der Waals surface area contributed by atoms with Gasteiger partial charge in [0.05, 0.1) is 0 Å². The smallest absolute Gasteiger partial charge is 0.307 e. The van der Waals surface area contributed by atoms with Crippen LogP contribution in [0.1, 0.15) is 13.2 Å². The van der Waals surface area contributed by atoms with Crippen LogP contribution in [0.2, 0.25) is 0 Å². The standard InChI is InChI=1S/C7H9BrN4O2S/c1-2-15-5-6(14)12-7(10-5)9-4(13)3(8)11-12/h5-6,14H,2H2,1H3,(H,9,10,13)/t5-,6-/m1/s1. The molecule has 1 aromatic rings. The van der Waals surface area contributed by atoms with Gasteiger partial charge in [-0.05, 0) is 21.7 Å². The molecule has 0 saturated heterocycles. The summed E-state index contributed by atoms with van der Waals surface area (Å²) in [6.07, 6.45) is -0.797. The molecule has 1 aliphatic heterocycles. The third-order valence-electron chi connectivity index (χ3n) is 1.94. The van der Waals surface area contributed by atoms with Crippen LogP contribution in [0, 0.1) is 0 Å². The number of aromatic nitrogens is 3. The van der Waals surface area contributed by atoms with Gasteiger partial charge in [0.25, 0.3) is 0 Å². The van der Waals surface area contributed by atoms with Crippen molar-refractivity contribution in [2.24, 2.45) is 0 Å². The van der Waals surface area contributed by atoms with Crippen molar-refractivity contribution in [3.63, 3.8) is 0 Å². The predicted octanol–water partition coefficient (Wildman–Crippen LogP) is 0.396. The van der Waals surface area contributed by atoms with Crippen LogP contribution in [0.5, 0.6) is 0 Å². The maximum Gasteiger partial charge on any atom is 0.307 e. The van der Waals surface area contributed by atoms with Gasteiger partial charge in [0.15, 0.2) is 10.8 Å². The Morgan fingerprint density at radius 3 is 3.13 bits per heavy atom. The molecule has 6 nitrogen and oxygen atoms in total. The zero-order chi connectivity index (χ0) is 11.0. The Balaban J connectivity index is 2.37. The van der Waals surface area contributed by atoms with Crippen LogP contribution in [-0.4, -0.2) is 31.0 Å². The fourth-order valence-corrected chi connectivity index (χ4v) is 2.39. The molecule has 82 valence electrons. The summed E-state index contributed by atoms with van der Waals surface area (Å²) in [5.41, 5.74) is -0.442. The van der Waals surface area contributed by atoms with E-state index >= 15 is 0 Å². The Labute approximate surface area is 98.2 Å². The first-order valence-electron chi connectivity index (χ1n) is 4.36. The fourth-order valence-electron chi connectivity index (χ4n) is 1.30. The zero-order valence-electron chi connectivity index (χ0n) is 7.85. The van der Waals surface area contributed by atoms with Gasteiger partial charge < -0.3 is 10.4 Å². The van der Waals surface area contributed by atoms with Crippen molar-refractivity contribution in [2.45, 2.75) is 18.5 Å². The van der Waals surface area contributed by atoms with Crippen molar-refractivity contribution in [3.05, 3.63) is 15.0 Å². The highest BCUT2D eigenvalue weighted by molar-refractivity contribution is 9.10. The van der Waals surface area contributed by atoms with E-state index in [2.05, 4.69) is 31.3 Å². The van der Waals surface area contributed by atoms with Crippen molar-refractivity contribution in [3.8, 4) is 0 Å². The molecule has 2 rings (SSSR count). The lowest BCUT2D eigenvalue weighted by atomic mass is 10.6. The van der Waals surface area contributed by atoms with Crippen LogP contribution in [0.15, 0.2) is 9.40 Å². The number of thioether (sulfide) groups is 1. The first kappa shape index (κ1) is 10.9. The summed E-state index contributed by atoms with van der Waals surface area (Å²) in [7, 11) is 0. The van der Waals surface area contributed by atoms with E-state index in [0.29, 0.717) is 5.95 Å². The maximum atomic E-state index is 11.2. The molecular formula is C7H9BrN4O2S. The van der Waals surface area contributed by atoms with E-state index in [9.17, 15) is 9.90 Å². The minimum absolute atomic E-state index is 0.106. The number of halogens is 1. The van der Waals surface area contributed by atoms with E-state index in [1.54, 1.807) is 0 Å². The minimum atomic E-state index is -0.797. The molecule has 1 aliphatic rings. The molecular weight excluding hydrogens is 284 g/mol. The van der Waals surface area contributed by atoms with Crippen LogP contribution in [0.4, 0.5) is 5.95 Å². The summed E-state index contributed by atoms with van der Waals surface area (Å²) >= 11 is 4.52. The van der Waals surface area contributed by atoms with Gasteiger partial charge in [-0.1, -0.05) is 6.92 Å². The Kier molecular flexibility index (Phi) is 2.98. The van der Waals surface area contributed by atoms with Crippen LogP contribution >= 0.6 is 27.7 Å². The first-order chi connectivity index (χ1) is 7.13. The number of fused-ring (bicyclic) bond motifs is 1. The second-order valence-electron chi connectivity index (χ2n) is 2.91. The van der Waals surface area contributed by atoms with Gasteiger partial charge in [0.2, 0.25) is 5.95 Å². The number of anilines is 1. The lowest BCUT2D eigenvalue weighted by Crippen LogP contribution is -2.20. The molecule has 15 heavy (non-hydrogen) atoms. The van der Waals surface area contributed by atoms with E-state index < -0.39 is 11.8 Å². The van der Waals surface area contributed by atoms with Gasteiger partial charge in [-0.2, -0.15) is 10.1 Å². The number of hydrogen-bond acceptors (Lipinski definition) is 6. The average Bonchev–Trinajstić information content (AvgIpc) is 2.47. The summed E-state index contributed by atoms with van der Waals surface area (Å²) in [4.78, 5) is 14.9. The predicted molar refractivity (Wildman–Crippen MR) is 60.8 cm³/mol. The van der Waals surface area contributed by atoms with E-state index in [1.807, 2.05) is 6.92 Å². The minimum Gasteiger partial charge on any atom is -0.369 e. The topological polar surface area (TPSA) is 80.0 Å². The highest BCUT2D eigenvalue weighted by atomic mass is 79.9. The van der Waals surface area contributed by atoms with Crippen LogP contribution < -0.4 is 10.9 Å². The molecule has 0 saturated carbocycles. The molecule has 2 N–H and O–H groups in total. The summed E-state index contributed by atoms with van der Waals surface area (Å²) in [5.74, 6) is 1.16. The molecule has 0 radical (unpaired) electrons. The number of rotatable bonds is 2. The van der Waals surface area contributed by atoms with Crippen molar-refractivity contribution >= 4 is 33.6 Å². The Bertz CT molecular complexity index is 437. The Morgan fingerprint density at radius 2 is 2.47 bits per heavy atom. The molecule has 0 aromatic carbocycles. The molecule has 0 unspecified atom stereocenters.